The van der Waals surface area contributed by atoms with Crippen molar-refractivity contribution in [3.8, 4) is 17.1 Å². The number of hydrogen-bond donors (Lipinski definition) is 2. The number of nitrogens with zero attached hydrogens (tertiary/aromatic N) is 2. The molecule has 0 unspecified atom stereocenters. The molecule has 0 aliphatic carbocycles. The van der Waals surface area contributed by atoms with Crippen molar-refractivity contribution in [2.24, 2.45) is 4.99 Å². The first-order valence-electron chi connectivity index (χ1n) is 9.52. The van der Waals surface area contributed by atoms with Gasteiger partial charge in [-0.05, 0) is 23.6 Å². The smallest absolute Gasteiger partial charge is 0.191 e. The highest BCUT2D eigenvalue weighted by molar-refractivity contribution is 14.0. The molecule has 2 aromatic carbocycles. The van der Waals surface area contributed by atoms with E-state index in [2.05, 4.69) is 39.0 Å². The molecule has 1 aromatic heterocycles. The van der Waals surface area contributed by atoms with E-state index in [4.69, 9.17) is 9.26 Å². The molecule has 0 saturated heterocycles. The van der Waals surface area contributed by atoms with Crippen LogP contribution < -0.4 is 15.4 Å². The predicted molar refractivity (Wildman–Crippen MR) is 125 cm³/mol. The monoisotopic (exact) mass is 504 g/mol. The summed E-state index contributed by atoms with van der Waals surface area (Å²) >= 11 is 0. The highest BCUT2D eigenvalue weighted by Crippen LogP contribution is 2.25. The second-order valence-electron chi connectivity index (χ2n) is 6.69. The molecule has 0 amide bonds. The van der Waals surface area contributed by atoms with Crippen LogP contribution >= 0.6 is 24.0 Å². The first-order chi connectivity index (χ1) is 13.8. The Morgan fingerprint density at radius 3 is 2.79 bits per heavy atom. The van der Waals surface area contributed by atoms with Crippen LogP contribution in [0.25, 0.3) is 11.3 Å². The standard InChI is InChI=1S/C22H24N4O2.HI/c1-23-22(24-11-9-16-7-8-20-18(13-16)10-12-27-20)25-15-19-14-21(28-26-19)17-5-3-2-4-6-17;/h2-8,13-14H,9-12,15H2,1H3,(H2,23,24,25);1H. The van der Waals surface area contributed by atoms with Crippen LogP contribution in [0.5, 0.6) is 5.75 Å². The van der Waals surface area contributed by atoms with Gasteiger partial charge in [0.2, 0.25) is 0 Å². The third-order valence-corrected chi connectivity index (χ3v) is 4.74. The molecule has 0 spiro atoms. The molecule has 1 aliphatic rings. The summed E-state index contributed by atoms with van der Waals surface area (Å²) in [5.41, 5.74) is 4.46. The zero-order chi connectivity index (χ0) is 19.2. The average molecular weight is 504 g/mol. The molecule has 2 N–H and O–H groups in total. The van der Waals surface area contributed by atoms with E-state index < -0.39 is 0 Å². The van der Waals surface area contributed by atoms with E-state index in [0.717, 1.165) is 54.7 Å². The minimum Gasteiger partial charge on any atom is -0.493 e. The Hall–Kier alpha value is -2.55. The van der Waals surface area contributed by atoms with Crippen LogP contribution in [0.2, 0.25) is 0 Å². The molecule has 3 aromatic rings. The summed E-state index contributed by atoms with van der Waals surface area (Å²) < 4.78 is 11.0. The van der Waals surface area contributed by atoms with Gasteiger partial charge in [-0.25, -0.2) is 0 Å². The fourth-order valence-corrected chi connectivity index (χ4v) is 3.25. The van der Waals surface area contributed by atoms with E-state index in [1.54, 1.807) is 7.05 Å². The van der Waals surface area contributed by atoms with E-state index in [1.165, 1.54) is 11.1 Å². The Morgan fingerprint density at radius 1 is 1.10 bits per heavy atom. The van der Waals surface area contributed by atoms with Crippen LogP contribution in [-0.4, -0.2) is 31.3 Å². The van der Waals surface area contributed by atoms with Gasteiger partial charge in [-0.15, -0.1) is 24.0 Å². The fourth-order valence-electron chi connectivity index (χ4n) is 3.25. The molecule has 0 atom stereocenters. The lowest BCUT2D eigenvalue weighted by Crippen LogP contribution is -2.37. The Balaban J connectivity index is 0.00000240. The lowest BCUT2D eigenvalue weighted by Gasteiger charge is -2.11. The van der Waals surface area contributed by atoms with Gasteiger partial charge in [0.15, 0.2) is 11.7 Å². The maximum atomic E-state index is 5.56. The normalized spacial score (nSPS) is 12.7. The number of halogens is 1. The second kappa shape index (κ2) is 10.3. The van der Waals surface area contributed by atoms with Gasteiger partial charge in [0.05, 0.1) is 13.2 Å². The molecule has 1 aliphatic heterocycles. The second-order valence-corrected chi connectivity index (χ2v) is 6.69. The highest BCUT2D eigenvalue weighted by Gasteiger charge is 2.12. The number of fused-ring (bicyclic) bond motifs is 1. The van der Waals surface area contributed by atoms with E-state index in [-0.39, 0.29) is 24.0 Å². The maximum absolute atomic E-state index is 5.56. The molecule has 152 valence electrons. The predicted octanol–water partition coefficient (Wildman–Crippen LogP) is 3.80. The van der Waals surface area contributed by atoms with Crippen LogP contribution in [0.4, 0.5) is 0 Å². The largest absolute Gasteiger partial charge is 0.493 e. The molecular weight excluding hydrogens is 479 g/mol. The van der Waals surface area contributed by atoms with Gasteiger partial charge in [-0.3, -0.25) is 4.99 Å². The number of hydrogen-bond acceptors (Lipinski definition) is 4. The summed E-state index contributed by atoms with van der Waals surface area (Å²) in [7, 11) is 1.76. The molecule has 4 rings (SSSR count). The first-order valence-corrected chi connectivity index (χ1v) is 9.52. The minimum atomic E-state index is 0. The highest BCUT2D eigenvalue weighted by atomic mass is 127. The third kappa shape index (κ3) is 5.50. The summed E-state index contributed by atoms with van der Waals surface area (Å²) in [5, 5.41) is 10.7. The van der Waals surface area contributed by atoms with Gasteiger partial charge in [0.1, 0.15) is 11.4 Å². The van der Waals surface area contributed by atoms with E-state index >= 15 is 0 Å². The molecule has 2 heterocycles. The minimum absolute atomic E-state index is 0. The van der Waals surface area contributed by atoms with E-state index in [1.807, 2.05) is 36.4 Å². The van der Waals surface area contributed by atoms with Crippen LogP contribution in [0.1, 0.15) is 16.8 Å². The molecule has 7 heteroatoms. The van der Waals surface area contributed by atoms with Crippen LogP contribution in [0.15, 0.2) is 64.1 Å². The Labute approximate surface area is 187 Å². The number of benzene rings is 2. The van der Waals surface area contributed by atoms with Crippen LogP contribution in [0, 0.1) is 0 Å². The van der Waals surface area contributed by atoms with Gasteiger partial charge in [0.25, 0.3) is 0 Å². The molecule has 6 nitrogen and oxygen atoms in total. The lowest BCUT2D eigenvalue weighted by atomic mass is 10.1. The summed E-state index contributed by atoms with van der Waals surface area (Å²) in [4.78, 5) is 4.27. The summed E-state index contributed by atoms with van der Waals surface area (Å²) in [6.07, 6.45) is 1.93. The number of aliphatic imine (C=N–C) groups is 1. The maximum Gasteiger partial charge on any atom is 0.191 e. The quantitative estimate of drug-likeness (QED) is 0.304. The average Bonchev–Trinajstić information content (AvgIpc) is 3.40. The lowest BCUT2D eigenvalue weighted by molar-refractivity contribution is 0.357. The molecule has 29 heavy (non-hydrogen) atoms. The van der Waals surface area contributed by atoms with Crippen LogP contribution in [-0.2, 0) is 19.4 Å². The number of guanidine groups is 1. The first kappa shape index (κ1) is 21.2. The zero-order valence-corrected chi connectivity index (χ0v) is 18.7. The topological polar surface area (TPSA) is 71.7 Å². The van der Waals surface area contributed by atoms with Gasteiger partial charge < -0.3 is 19.9 Å². The number of rotatable bonds is 6. The number of ether oxygens (including phenoxy) is 1. The van der Waals surface area contributed by atoms with Crippen molar-refractivity contribution in [2.75, 3.05) is 20.2 Å². The molecular formula is C22H25IN4O2. The van der Waals surface area contributed by atoms with Crippen LogP contribution in [0.3, 0.4) is 0 Å². The molecule has 0 radical (unpaired) electrons. The molecule has 0 bridgehead atoms. The Bertz CT molecular complexity index is 956. The summed E-state index contributed by atoms with van der Waals surface area (Å²) in [5.74, 6) is 2.53. The van der Waals surface area contributed by atoms with Gasteiger partial charge in [-0.2, -0.15) is 0 Å². The molecule has 0 saturated carbocycles. The van der Waals surface area contributed by atoms with Crippen molar-refractivity contribution in [1.82, 2.24) is 15.8 Å². The van der Waals surface area contributed by atoms with Crippen molar-refractivity contribution in [2.45, 2.75) is 19.4 Å². The molecule has 0 fully saturated rings. The number of aromatic nitrogens is 1. The summed E-state index contributed by atoms with van der Waals surface area (Å²) in [6.45, 7) is 2.14. The van der Waals surface area contributed by atoms with Gasteiger partial charge >= 0.3 is 0 Å². The fraction of sp³-hybridized carbons (Fsp3) is 0.273. The van der Waals surface area contributed by atoms with Crippen molar-refractivity contribution < 1.29 is 9.26 Å². The number of nitrogens with one attached hydrogen (secondary N) is 2. The van der Waals surface area contributed by atoms with Crippen molar-refractivity contribution >= 4 is 29.9 Å². The van der Waals surface area contributed by atoms with E-state index in [9.17, 15) is 0 Å². The van der Waals surface area contributed by atoms with E-state index in [0.29, 0.717) is 6.54 Å². The van der Waals surface area contributed by atoms with Crippen molar-refractivity contribution in [3.63, 3.8) is 0 Å². The van der Waals surface area contributed by atoms with Gasteiger partial charge in [-0.1, -0.05) is 47.6 Å². The SMILES string of the molecule is CN=C(NCCc1ccc2c(c1)CCO2)NCc1cc(-c2ccccc2)on1.I. The Morgan fingerprint density at radius 2 is 1.97 bits per heavy atom. The van der Waals surface area contributed by atoms with Crippen molar-refractivity contribution in [3.05, 3.63) is 71.4 Å². The zero-order valence-electron chi connectivity index (χ0n) is 16.4. The Kier molecular flexibility index (Phi) is 7.51. The third-order valence-electron chi connectivity index (χ3n) is 4.74. The summed E-state index contributed by atoms with van der Waals surface area (Å²) in [6, 6.07) is 18.3. The van der Waals surface area contributed by atoms with Crippen molar-refractivity contribution in [1.29, 1.82) is 0 Å². The van der Waals surface area contributed by atoms with Gasteiger partial charge in [0, 0.05) is 31.6 Å².